The van der Waals surface area contributed by atoms with E-state index < -0.39 is 5.97 Å². The molecule has 5 nitrogen and oxygen atoms in total. The predicted molar refractivity (Wildman–Crippen MR) is 70.0 cm³/mol. The van der Waals surface area contributed by atoms with Gasteiger partial charge in [0, 0.05) is 44.2 Å². The number of nitrogens with zero attached hydrogens (tertiary/aromatic N) is 2. The van der Waals surface area contributed by atoms with E-state index in [2.05, 4.69) is 11.0 Å². The van der Waals surface area contributed by atoms with Gasteiger partial charge in [-0.15, -0.1) is 0 Å². The largest absolute Gasteiger partial charge is 0.480 e. The molecular formula is C14H20N2O3. The number of carbonyl (C=O) groups is 1. The Morgan fingerprint density at radius 3 is 2.89 bits per heavy atom. The van der Waals surface area contributed by atoms with E-state index >= 15 is 0 Å². The lowest BCUT2D eigenvalue weighted by Crippen LogP contribution is -2.49. The Kier molecular flexibility index (Phi) is 3.57. The number of furan rings is 1. The van der Waals surface area contributed by atoms with Crippen molar-refractivity contribution in [1.82, 2.24) is 9.80 Å². The van der Waals surface area contributed by atoms with Crippen LogP contribution in [0.4, 0.5) is 0 Å². The molecule has 0 aromatic carbocycles. The van der Waals surface area contributed by atoms with Gasteiger partial charge in [0.25, 0.3) is 0 Å². The average Bonchev–Trinajstić information content (AvgIpc) is 2.87. The molecule has 1 aliphatic carbocycles. The van der Waals surface area contributed by atoms with Gasteiger partial charge in [0.15, 0.2) is 0 Å². The smallest absolute Gasteiger partial charge is 0.317 e. The van der Waals surface area contributed by atoms with Gasteiger partial charge in [-0.05, 0) is 18.9 Å². The van der Waals surface area contributed by atoms with Gasteiger partial charge in [0.1, 0.15) is 5.76 Å². The number of aryl methyl sites for hydroxylation is 1. The summed E-state index contributed by atoms with van der Waals surface area (Å²) < 4.78 is 5.54. The third-order valence-corrected chi connectivity index (χ3v) is 4.23. The van der Waals surface area contributed by atoms with Gasteiger partial charge >= 0.3 is 5.97 Å². The van der Waals surface area contributed by atoms with Gasteiger partial charge < -0.3 is 9.52 Å². The quantitative estimate of drug-likeness (QED) is 0.893. The number of carboxylic acids is 1. The van der Waals surface area contributed by atoms with Crippen molar-refractivity contribution in [2.24, 2.45) is 0 Å². The van der Waals surface area contributed by atoms with Crippen LogP contribution in [0.2, 0.25) is 0 Å². The number of fused-ring (bicyclic) bond motifs is 1. The van der Waals surface area contributed by atoms with Gasteiger partial charge in [0.2, 0.25) is 0 Å². The van der Waals surface area contributed by atoms with Gasteiger partial charge in [-0.3, -0.25) is 14.6 Å². The summed E-state index contributed by atoms with van der Waals surface area (Å²) in [5, 5.41) is 8.82. The fourth-order valence-electron chi connectivity index (χ4n) is 3.27. The van der Waals surface area contributed by atoms with Crippen LogP contribution in [0.15, 0.2) is 16.7 Å². The number of piperazine rings is 1. The Hall–Kier alpha value is -1.33. The minimum absolute atomic E-state index is 0.162. The first kappa shape index (κ1) is 12.7. The van der Waals surface area contributed by atoms with E-state index in [1.807, 2.05) is 4.90 Å². The summed E-state index contributed by atoms with van der Waals surface area (Å²) in [6, 6.07) is 2.57. The zero-order valence-electron chi connectivity index (χ0n) is 11.0. The Morgan fingerprint density at radius 1 is 1.37 bits per heavy atom. The molecule has 1 fully saturated rings. The van der Waals surface area contributed by atoms with Crippen molar-refractivity contribution in [3.63, 3.8) is 0 Å². The van der Waals surface area contributed by atoms with Crippen molar-refractivity contribution >= 4 is 5.97 Å². The molecule has 0 saturated carbocycles. The molecule has 1 aliphatic heterocycles. The Bertz CT molecular complexity index is 449. The highest BCUT2D eigenvalue weighted by Crippen LogP contribution is 2.35. The van der Waals surface area contributed by atoms with E-state index in [0.29, 0.717) is 6.04 Å². The topological polar surface area (TPSA) is 56.9 Å². The first-order valence-corrected chi connectivity index (χ1v) is 6.98. The van der Waals surface area contributed by atoms with Crippen LogP contribution in [0.3, 0.4) is 0 Å². The van der Waals surface area contributed by atoms with Crippen LogP contribution in [0, 0.1) is 0 Å². The maximum Gasteiger partial charge on any atom is 0.317 e. The number of rotatable bonds is 3. The van der Waals surface area contributed by atoms with Crippen LogP contribution >= 0.6 is 0 Å². The molecule has 0 amide bonds. The average molecular weight is 264 g/mol. The maximum absolute atomic E-state index is 10.7. The van der Waals surface area contributed by atoms with Gasteiger partial charge in [-0.1, -0.05) is 0 Å². The van der Waals surface area contributed by atoms with Crippen LogP contribution in [0.25, 0.3) is 0 Å². The third kappa shape index (κ3) is 2.67. The summed E-state index contributed by atoms with van der Waals surface area (Å²) >= 11 is 0. The molecule has 5 heteroatoms. The molecule has 3 rings (SSSR count). The second-order valence-corrected chi connectivity index (χ2v) is 5.41. The summed E-state index contributed by atoms with van der Waals surface area (Å²) in [5.74, 6) is 0.410. The fourth-order valence-corrected chi connectivity index (χ4v) is 3.27. The molecule has 2 aliphatic rings. The number of carboxylic acid groups (broad SMARTS) is 1. The molecule has 0 radical (unpaired) electrons. The molecular weight excluding hydrogens is 244 g/mol. The number of aliphatic carboxylic acids is 1. The zero-order valence-corrected chi connectivity index (χ0v) is 11.0. The normalized spacial score (nSPS) is 25.2. The minimum Gasteiger partial charge on any atom is -0.480 e. The minimum atomic E-state index is -0.733. The molecule has 1 atom stereocenters. The molecule has 0 spiro atoms. The second-order valence-electron chi connectivity index (χ2n) is 5.41. The Balaban J connectivity index is 1.62. The highest BCUT2D eigenvalue weighted by atomic mass is 16.4. The van der Waals surface area contributed by atoms with E-state index in [1.54, 1.807) is 6.26 Å². The molecule has 19 heavy (non-hydrogen) atoms. The Labute approximate surface area is 112 Å². The van der Waals surface area contributed by atoms with Crippen LogP contribution in [0.5, 0.6) is 0 Å². The van der Waals surface area contributed by atoms with Gasteiger partial charge in [-0.2, -0.15) is 0 Å². The van der Waals surface area contributed by atoms with E-state index in [9.17, 15) is 4.79 Å². The van der Waals surface area contributed by atoms with Crippen molar-refractivity contribution < 1.29 is 14.3 Å². The van der Waals surface area contributed by atoms with E-state index in [-0.39, 0.29) is 6.54 Å². The molecule has 2 heterocycles. The van der Waals surface area contributed by atoms with Crippen LogP contribution < -0.4 is 0 Å². The zero-order chi connectivity index (χ0) is 13.2. The molecule has 1 aromatic rings. The monoisotopic (exact) mass is 264 g/mol. The first-order chi connectivity index (χ1) is 9.24. The van der Waals surface area contributed by atoms with Crippen LogP contribution in [-0.4, -0.2) is 53.6 Å². The molecule has 1 saturated heterocycles. The molecule has 1 N–H and O–H groups in total. The summed E-state index contributed by atoms with van der Waals surface area (Å²) in [6.45, 7) is 3.74. The van der Waals surface area contributed by atoms with Crippen molar-refractivity contribution in [1.29, 1.82) is 0 Å². The predicted octanol–water partition coefficient (Wildman–Crippen LogP) is 1.36. The maximum atomic E-state index is 10.7. The van der Waals surface area contributed by atoms with Crippen LogP contribution in [0.1, 0.15) is 30.2 Å². The molecule has 104 valence electrons. The van der Waals surface area contributed by atoms with Crippen molar-refractivity contribution in [3.8, 4) is 0 Å². The SMILES string of the molecule is O=C(O)CN1CCN(C2CCCc3occc32)CC1. The van der Waals surface area contributed by atoms with Crippen molar-refractivity contribution in [2.75, 3.05) is 32.7 Å². The number of hydrogen-bond acceptors (Lipinski definition) is 4. The van der Waals surface area contributed by atoms with E-state index in [0.717, 1.165) is 38.4 Å². The lowest BCUT2D eigenvalue weighted by molar-refractivity contribution is -0.138. The highest BCUT2D eigenvalue weighted by Gasteiger charge is 2.30. The summed E-state index contributed by atoms with van der Waals surface area (Å²) in [4.78, 5) is 15.2. The van der Waals surface area contributed by atoms with E-state index in [1.165, 1.54) is 18.4 Å². The lowest BCUT2D eigenvalue weighted by atomic mass is 9.92. The summed E-state index contributed by atoms with van der Waals surface area (Å²) in [6.07, 6.45) is 5.22. The van der Waals surface area contributed by atoms with Crippen molar-refractivity contribution in [3.05, 3.63) is 23.7 Å². The van der Waals surface area contributed by atoms with E-state index in [4.69, 9.17) is 9.52 Å². The third-order valence-electron chi connectivity index (χ3n) is 4.23. The lowest BCUT2D eigenvalue weighted by Gasteiger charge is -2.40. The van der Waals surface area contributed by atoms with Gasteiger partial charge in [-0.25, -0.2) is 0 Å². The van der Waals surface area contributed by atoms with Crippen molar-refractivity contribution in [2.45, 2.75) is 25.3 Å². The second kappa shape index (κ2) is 5.35. The Morgan fingerprint density at radius 2 is 2.16 bits per heavy atom. The molecule has 1 aromatic heterocycles. The molecule has 0 bridgehead atoms. The van der Waals surface area contributed by atoms with Gasteiger partial charge in [0.05, 0.1) is 12.8 Å². The summed E-state index contributed by atoms with van der Waals surface area (Å²) in [7, 11) is 0. The van der Waals surface area contributed by atoms with Crippen LogP contribution in [-0.2, 0) is 11.2 Å². The fraction of sp³-hybridized carbons (Fsp3) is 0.643. The molecule has 1 unspecified atom stereocenters. The standard InChI is InChI=1S/C14H20N2O3/c17-14(18)10-15-5-7-16(8-6-15)12-2-1-3-13-11(12)4-9-19-13/h4,9,12H,1-3,5-8,10H2,(H,17,18). The summed E-state index contributed by atoms with van der Waals surface area (Å²) in [5.41, 5.74) is 1.35. The highest BCUT2D eigenvalue weighted by molar-refractivity contribution is 5.69. The first-order valence-electron chi connectivity index (χ1n) is 6.98. The number of hydrogen-bond donors (Lipinski definition) is 1.